The molecule has 0 saturated heterocycles. The lowest BCUT2D eigenvalue weighted by molar-refractivity contribution is -0.128. The summed E-state index contributed by atoms with van der Waals surface area (Å²) in [5, 5.41) is 9.88. The second-order valence-electron chi connectivity index (χ2n) is 2.42. The summed E-state index contributed by atoms with van der Waals surface area (Å²) in [7, 11) is 0. The Labute approximate surface area is 76.7 Å². The average Bonchev–Trinajstić information content (AvgIpc) is 2.12. The van der Waals surface area contributed by atoms with Gasteiger partial charge in [0.05, 0.1) is 18.9 Å². The smallest absolute Gasteiger partial charge is 0.293 e. The second kappa shape index (κ2) is 7.38. The largest absolute Gasteiger partial charge is 0.468 e. The molecule has 6 nitrogen and oxygen atoms in total. The molecule has 0 amide bonds. The van der Waals surface area contributed by atoms with Crippen molar-refractivity contribution < 1.29 is 14.6 Å². The number of aliphatic hydroxyl groups is 1. The number of nitrogens with two attached hydrogens (primary N) is 2. The van der Waals surface area contributed by atoms with Gasteiger partial charge in [-0.05, 0) is 0 Å². The molecule has 6 heteroatoms. The maximum atomic E-state index is 9.74. The summed E-state index contributed by atoms with van der Waals surface area (Å²) in [4.78, 5) is 9.74. The summed E-state index contributed by atoms with van der Waals surface area (Å²) in [5.74, 6) is 5.45. The van der Waals surface area contributed by atoms with E-state index in [0.29, 0.717) is 31.7 Å². The van der Waals surface area contributed by atoms with E-state index < -0.39 is 0 Å². The van der Waals surface area contributed by atoms with E-state index in [4.69, 9.17) is 16.7 Å². The van der Waals surface area contributed by atoms with Crippen molar-refractivity contribution in [1.29, 1.82) is 0 Å². The van der Waals surface area contributed by atoms with Crippen LogP contribution in [0.3, 0.4) is 0 Å². The molecule has 13 heavy (non-hydrogen) atoms. The van der Waals surface area contributed by atoms with Crippen LogP contribution in [0, 0.1) is 0 Å². The summed E-state index contributed by atoms with van der Waals surface area (Å²) >= 11 is 0. The first-order valence-electron chi connectivity index (χ1n) is 3.84. The van der Waals surface area contributed by atoms with Crippen LogP contribution >= 0.6 is 0 Å². The molecule has 0 aliphatic heterocycles. The quantitative estimate of drug-likeness (QED) is 0.195. The summed E-state index contributed by atoms with van der Waals surface area (Å²) < 4.78 is 4.45. The third-order valence-corrected chi connectivity index (χ3v) is 1.26. The van der Waals surface area contributed by atoms with Gasteiger partial charge in [-0.25, -0.2) is 5.84 Å². The first kappa shape index (κ1) is 11.7. The van der Waals surface area contributed by atoms with Crippen LogP contribution in [0.5, 0.6) is 0 Å². The van der Waals surface area contributed by atoms with E-state index in [-0.39, 0.29) is 6.61 Å². The molecule has 0 atom stereocenters. The Hall–Kier alpha value is -1.27. The lowest BCUT2D eigenvalue weighted by atomic mass is 10.4. The normalized spacial score (nSPS) is 11.1. The number of nitrogens with zero attached hydrogens (tertiary/aromatic N) is 1. The maximum Gasteiger partial charge on any atom is 0.293 e. The highest BCUT2D eigenvalue weighted by atomic mass is 16.5. The molecule has 0 aliphatic carbocycles. The van der Waals surface area contributed by atoms with Gasteiger partial charge in [-0.15, -0.1) is 0 Å². The number of hydrazine groups is 1. The zero-order valence-corrected chi connectivity index (χ0v) is 7.35. The van der Waals surface area contributed by atoms with Crippen molar-refractivity contribution in [3.63, 3.8) is 0 Å². The van der Waals surface area contributed by atoms with Crippen LogP contribution in [0.2, 0.25) is 0 Å². The van der Waals surface area contributed by atoms with E-state index in [1.165, 1.54) is 11.2 Å². The lowest BCUT2D eigenvalue weighted by Crippen LogP contribution is -2.28. The van der Waals surface area contributed by atoms with Gasteiger partial charge in [-0.3, -0.25) is 4.79 Å². The molecule has 0 aromatic rings. The molecule has 0 fully saturated rings. The minimum absolute atomic E-state index is 0.224. The number of hydrogen-bond donors (Lipinski definition) is 3. The first-order chi connectivity index (χ1) is 6.20. The van der Waals surface area contributed by atoms with Crippen molar-refractivity contribution in [2.45, 2.75) is 6.42 Å². The van der Waals surface area contributed by atoms with Crippen molar-refractivity contribution in [1.82, 2.24) is 5.01 Å². The van der Waals surface area contributed by atoms with Crippen LogP contribution < -0.4 is 11.6 Å². The summed E-state index contributed by atoms with van der Waals surface area (Å²) in [6, 6.07) is 0. The van der Waals surface area contributed by atoms with Crippen molar-refractivity contribution in [3.05, 3.63) is 11.9 Å². The van der Waals surface area contributed by atoms with Gasteiger partial charge in [-0.2, -0.15) is 0 Å². The third-order valence-electron chi connectivity index (χ3n) is 1.26. The zero-order chi connectivity index (χ0) is 10.1. The maximum absolute atomic E-state index is 9.74. The lowest BCUT2D eigenvalue weighted by Gasteiger charge is -2.13. The van der Waals surface area contributed by atoms with Gasteiger partial charge >= 0.3 is 0 Å². The minimum Gasteiger partial charge on any atom is -0.468 e. The summed E-state index contributed by atoms with van der Waals surface area (Å²) in [6.45, 7) is 0.996. The van der Waals surface area contributed by atoms with Gasteiger partial charge in [0.25, 0.3) is 6.47 Å². The molecule has 0 aromatic heterocycles. The highest BCUT2D eigenvalue weighted by Gasteiger charge is 1.94. The zero-order valence-electron chi connectivity index (χ0n) is 7.35. The van der Waals surface area contributed by atoms with E-state index in [1.54, 1.807) is 0 Å². The predicted molar refractivity (Wildman–Crippen MR) is 46.9 cm³/mol. The number of carbonyl (C=O) groups excluding carboxylic acids is 1. The molecular weight excluding hydrogens is 174 g/mol. The van der Waals surface area contributed by atoms with Gasteiger partial charge < -0.3 is 20.6 Å². The van der Waals surface area contributed by atoms with Gasteiger partial charge in [0.15, 0.2) is 0 Å². The molecule has 5 N–H and O–H groups in total. The summed E-state index contributed by atoms with van der Waals surface area (Å²) in [6.07, 6.45) is 2.05. The van der Waals surface area contributed by atoms with Crippen LogP contribution in [0.4, 0.5) is 0 Å². The third kappa shape index (κ3) is 7.10. The summed E-state index contributed by atoms with van der Waals surface area (Å²) in [5.41, 5.74) is 5.60. The van der Waals surface area contributed by atoms with Crippen LogP contribution in [0.1, 0.15) is 6.42 Å². The van der Waals surface area contributed by atoms with E-state index >= 15 is 0 Å². The van der Waals surface area contributed by atoms with Crippen molar-refractivity contribution in [3.8, 4) is 0 Å². The second-order valence-corrected chi connectivity index (χ2v) is 2.42. The first-order valence-corrected chi connectivity index (χ1v) is 3.84. The molecule has 0 unspecified atom stereocenters. The fraction of sp³-hybridized carbons (Fsp3) is 0.571. The van der Waals surface area contributed by atoms with E-state index in [2.05, 4.69) is 4.74 Å². The molecule has 0 aromatic carbocycles. The number of aliphatic hydroxyl groups excluding tert-OH is 1. The Morgan fingerprint density at radius 2 is 2.31 bits per heavy atom. The van der Waals surface area contributed by atoms with Crippen molar-refractivity contribution in [2.24, 2.45) is 11.6 Å². The molecule has 0 heterocycles. The van der Waals surface area contributed by atoms with Gasteiger partial charge in [0, 0.05) is 19.2 Å². The fourth-order valence-corrected chi connectivity index (χ4v) is 0.697. The Balaban J connectivity index is 3.50. The molecule has 0 saturated carbocycles. The Morgan fingerprint density at radius 3 is 2.85 bits per heavy atom. The average molecular weight is 189 g/mol. The van der Waals surface area contributed by atoms with Gasteiger partial charge in [-0.1, -0.05) is 0 Å². The molecule has 0 rings (SSSR count). The molecule has 0 bridgehead atoms. The van der Waals surface area contributed by atoms with Crippen LogP contribution in [-0.4, -0.2) is 36.3 Å². The number of carbonyl (C=O) groups is 1. The topological polar surface area (TPSA) is 102 Å². The van der Waals surface area contributed by atoms with Crippen LogP contribution in [-0.2, 0) is 9.53 Å². The van der Waals surface area contributed by atoms with Crippen LogP contribution in [0.25, 0.3) is 0 Å². The van der Waals surface area contributed by atoms with E-state index in [9.17, 15) is 4.79 Å². The molecular formula is C7H15N3O3. The number of rotatable bonds is 7. The van der Waals surface area contributed by atoms with Crippen molar-refractivity contribution >= 4 is 6.47 Å². The Morgan fingerprint density at radius 1 is 1.62 bits per heavy atom. The monoisotopic (exact) mass is 189 g/mol. The molecule has 0 spiro atoms. The Bertz CT molecular complexity index is 172. The Kier molecular flexibility index (Phi) is 6.66. The van der Waals surface area contributed by atoms with E-state index in [0.717, 1.165) is 0 Å². The number of hydrogen-bond acceptors (Lipinski definition) is 6. The molecule has 0 radical (unpaired) electrons. The van der Waals surface area contributed by atoms with Crippen molar-refractivity contribution in [2.75, 3.05) is 19.8 Å². The fourth-order valence-electron chi connectivity index (χ4n) is 0.697. The van der Waals surface area contributed by atoms with Gasteiger partial charge in [0.1, 0.15) is 0 Å². The van der Waals surface area contributed by atoms with Crippen LogP contribution in [0.15, 0.2) is 11.9 Å². The highest BCUT2D eigenvalue weighted by Crippen LogP contribution is 1.89. The SMILES string of the molecule is N/C(=C\N(N)CCCOC=O)CO. The molecule has 76 valence electrons. The number of ether oxygens (including phenoxy) is 1. The van der Waals surface area contributed by atoms with E-state index in [1.807, 2.05) is 0 Å². The molecule has 0 aliphatic rings. The minimum atomic E-state index is -0.224. The predicted octanol–water partition coefficient (Wildman–Crippen LogP) is -1.48. The standard InChI is InChI=1S/C7H15N3O3/c8-7(5-11)4-10(9)2-1-3-13-6-12/h4,6,11H,1-3,5,8-9H2/b7-4-. The van der Waals surface area contributed by atoms with Gasteiger partial charge in [0.2, 0.25) is 0 Å². The highest BCUT2D eigenvalue weighted by molar-refractivity contribution is 5.36.